The molecule has 0 fully saturated rings. The number of hydrogen-bond acceptors (Lipinski definition) is 4. The molecule has 0 saturated heterocycles. The van der Waals surface area contributed by atoms with Crippen LogP contribution in [-0.4, -0.2) is 19.7 Å². The molecule has 0 aliphatic rings. The van der Waals surface area contributed by atoms with Crippen LogP contribution in [0.25, 0.3) is 0 Å². The molecule has 23 heavy (non-hydrogen) atoms. The summed E-state index contributed by atoms with van der Waals surface area (Å²) >= 11 is 0. The van der Waals surface area contributed by atoms with E-state index in [2.05, 4.69) is 10.6 Å². The molecule has 0 unspecified atom stereocenters. The van der Waals surface area contributed by atoms with Crippen molar-refractivity contribution in [1.82, 2.24) is 5.32 Å². The highest BCUT2D eigenvalue weighted by atomic mass is 16.5. The summed E-state index contributed by atoms with van der Waals surface area (Å²) in [5.74, 6) is 1.30. The lowest BCUT2D eigenvalue weighted by atomic mass is 10.2. The van der Waals surface area contributed by atoms with E-state index >= 15 is 0 Å². The largest absolute Gasteiger partial charge is 0.497 e. The lowest BCUT2D eigenvalue weighted by Gasteiger charge is -2.09. The molecule has 0 aliphatic heterocycles. The average Bonchev–Trinajstić information content (AvgIpc) is 2.59. The van der Waals surface area contributed by atoms with E-state index in [1.165, 1.54) is 0 Å². The summed E-state index contributed by atoms with van der Waals surface area (Å²) in [6.45, 7) is 0.369. The predicted molar refractivity (Wildman–Crippen MR) is 86.4 cm³/mol. The zero-order chi connectivity index (χ0) is 16.5. The number of nitrogens with one attached hydrogen (secondary N) is 2. The summed E-state index contributed by atoms with van der Waals surface area (Å²) in [5, 5.41) is 14.0. The maximum absolute atomic E-state index is 11.9. The van der Waals surface area contributed by atoms with Gasteiger partial charge in [0.15, 0.2) is 6.61 Å². The molecule has 0 aliphatic carbocycles. The van der Waals surface area contributed by atoms with Crippen molar-refractivity contribution in [1.29, 1.82) is 5.26 Å². The summed E-state index contributed by atoms with van der Waals surface area (Å²) in [6.07, 6.45) is 0. The van der Waals surface area contributed by atoms with E-state index in [1.807, 2.05) is 30.3 Å². The van der Waals surface area contributed by atoms with Crippen molar-refractivity contribution in [2.75, 3.05) is 19.0 Å². The number of urea groups is 1. The van der Waals surface area contributed by atoms with E-state index in [0.717, 1.165) is 11.3 Å². The standard InChI is InChI=1S/C17H17N3O3/c1-22-15-7-5-13(6-8-15)12-19-17(21)20-14-3-2-4-16(11-14)23-10-9-18/h2-8,11H,10,12H2,1H3,(H2,19,20,21). The van der Waals surface area contributed by atoms with E-state index < -0.39 is 0 Å². The van der Waals surface area contributed by atoms with Crippen LogP contribution in [0.1, 0.15) is 5.56 Å². The van der Waals surface area contributed by atoms with Crippen molar-refractivity contribution in [2.24, 2.45) is 0 Å². The second kappa shape index (κ2) is 8.29. The predicted octanol–water partition coefficient (Wildman–Crippen LogP) is 2.92. The van der Waals surface area contributed by atoms with E-state index in [1.54, 1.807) is 31.4 Å². The molecule has 0 spiro atoms. The van der Waals surface area contributed by atoms with E-state index in [0.29, 0.717) is 18.0 Å². The summed E-state index contributed by atoms with van der Waals surface area (Å²) < 4.78 is 10.3. The molecule has 0 radical (unpaired) electrons. The maximum Gasteiger partial charge on any atom is 0.319 e. The quantitative estimate of drug-likeness (QED) is 0.859. The fraction of sp³-hybridized carbons (Fsp3) is 0.176. The van der Waals surface area contributed by atoms with E-state index in [9.17, 15) is 4.79 Å². The minimum atomic E-state index is -0.321. The molecule has 2 rings (SSSR count). The third-order valence-electron chi connectivity index (χ3n) is 3.01. The van der Waals surface area contributed by atoms with Gasteiger partial charge in [-0.05, 0) is 29.8 Å². The van der Waals surface area contributed by atoms with Crippen molar-refractivity contribution in [3.8, 4) is 17.6 Å². The highest BCUT2D eigenvalue weighted by Gasteiger charge is 2.03. The third-order valence-corrected chi connectivity index (χ3v) is 3.01. The van der Waals surface area contributed by atoms with E-state index in [4.69, 9.17) is 14.7 Å². The second-order valence-corrected chi connectivity index (χ2v) is 4.63. The van der Waals surface area contributed by atoms with Gasteiger partial charge in [-0.3, -0.25) is 0 Å². The number of methoxy groups -OCH3 is 1. The summed E-state index contributed by atoms with van der Waals surface area (Å²) in [6, 6.07) is 15.9. The van der Waals surface area contributed by atoms with Gasteiger partial charge in [-0.1, -0.05) is 18.2 Å². The average molecular weight is 311 g/mol. The summed E-state index contributed by atoms with van der Waals surface area (Å²) in [7, 11) is 1.61. The van der Waals surface area contributed by atoms with Crippen LogP contribution in [-0.2, 0) is 6.54 Å². The first-order valence-corrected chi connectivity index (χ1v) is 6.99. The van der Waals surface area contributed by atoms with Crippen LogP contribution >= 0.6 is 0 Å². The highest BCUT2D eigenvalue weighted by molar-refractivity contribution is 5.89. The first-order valence-electron chi connectivity index (χ1n) is 6.99. The molecular formula is C17H17N3O3. The molecule has 6 heteroatoms. The number of anilines is 1. The minimum absolute atomic E-state index is 0.0346. The molecule has 118 valence electrons. The van der Waals surface area contributed by atoms with Crippen LogP contribution < -0.4 is 20.1 Å². The number of rotatable bonds is 6. The summed E-state index contributed by atoms with van der Waals surface area (Å²) in [4.78, 5) is 11.9. The first-order chi connectivity index (χ1) is 11.2. The Morgan fingerprint density at radius 1 is 1.17 bits per heavy atom. The van der Waals surface area contributed by atoms with Crippen molar-refractivity contribution >= 4 is 11.7 Å². The van der Waals surface area contributed by atoms with Crippen molar-refractivity contribution < 1.29 is 14.3 Å². The fourth-order valence-corrected chi connectivity index (χ4v) is 1.88. The molecule has 0 aromatic heterocycles. The normalized spacial score (nSPS) is 9.57. The van der Waals surface area contributed by atoms with Crippen LogP contribution in [0.3, 0.4) is 0 Å². The van der Waals surface area contributed by atoms with Crippen LogP contribution in [0.4, 0.5) is 10.5 Å². The van der Waals surface area contributed by atoms with Gasteiger partial charge in [-0.15, -0.1) is 0 Å². The Bertz CT molecular complexity index is 693. The van der Waals surface area contributed by atoms with Crippen LogP contribution in [0.15, 0.2) is 48.5 Å². The number of carbonyl (C=O) groups is 1. The molecule has 0 heterocycles. The molecule has 0 atom stereocenters. The number of carbonyl (C=O) groups excluding carboxylic acids is 1. The van der Waals surface area contributed by atoms with Gasteiger partial charge in [0, 0.05) is 18.3 Å². The topological polar surface area (TPSA) is 83.4 Å². The van der Waals surface area contributed by atoms with Gasteiger partial charge < -0.3 is 20.1 Å². The molecule has 6 nitrogen and oxygen atoms in total. The second-order valence-electron chi connectivity index (χ2n) is 4.63. The molecule has 0 saturated carbocycles. The van der Waals surface area contributed by atoms with Gasteiger partial charge in [0.2, 0.25) is 0 Å². The lowest BCUT2D eigenvalue weighted by Crippen LogP contribution is -2.28. The molecule has 2 N–H and O–H groups in total. The van der Waals surface area contributed by atoms with Gasteiger partial charge in [-0.2, -0.15) is 5.26 Å². The maximum atomic E-state index is 11.9. The Balaban J connectivity index is 1.85. The summed E-state index contributed by atoms with van der Waals surface area (Å²) in [5.41, 5.74) is 1.56. The molecule has 0 bridgehead atoms. The van der Waals surface area contributed by atoms with Crippen LogP contribution in [0.2, 0.25) is 0 Å². The number of nitriles is 1. The van der Waals surface area contributed by atoms with Gasteiger partial charge in [0.05, 0.1) is 7.11 Å². The number of benzene rings is 2. The number of amides is 2. The van der Waals surface area contributed by atoms with Crippen LogP contribution in [0.5, 0.6) is 11.5 Å². The van der Waals surface area contributed by atoms with Gasteiger partial charge in [0.1, 0.15) is 17.6 Å². The molecule has 2 amide bonds. The monoisotopic (exact) mass is 311 g/mol. The van der Waals surface area contributed by atoms with Crippen molar-refractivity contribution in [2.45, 2.75) is 6.54 Å². The zero-order valence-electron chi connectivity index (χ0n) is 12.7. The number of nitrogens with zero attached hydrogens (tertiary/aromatic N) is 1. The SMILES string of the molecule is COc1ccc(CNC(=O)Nc2cccc(OCC#N)c2)cc1. The van der Waals surface area contributed by atoms with Gasteiger partial charge >= 0.3 is 6.03 Å². The van der Waals surface area contributed by atoms with Gasteiger partial charge in [-0.25, -0.2) is 4.79 Å². The zero-order valence-corrected chi connectivity index (χ0v) is 12.7. The minimum Gasteiger partial charge on any atom is -0.497 e. The molecule has 2 aromatic rings. The number of hydrogen-bond donors (Lipinski definition) is 2. The first kappa shape index (κ1) is 16.2. The van der Waals surface area contributed by atoms with E-state index in [-0.39, 0.29) is 12.6 Å². The Labute approximate surface area is 134 Å². The van der Waals surface area contributed by atoms with Crippen molar-refractivity contribution in [3.63, 3.8) is 0 Å². The smallest absolute Gasteiger partial charge is 0.319 e. The molecular weight excluding hydrogens is 294 g/mol. The third kappa shape index (κ3) is 5.25. The van der Waals surface area contributed by atoms with Crippen molar-refractivity contribution in [3.05, 3.63) is 54.1 Å². The Hall–Kier alpha value is -3.20. The van der Waals surface area contributed by atoms with Crippen LogP contribution in [0, 0.1) is 11.3 Å². The Morgan fingerprint density at radius 3 is 2.65 bits per heavy atom. The Kier molecular flexibility index (Phi) is 5.83. The highest BCUT2D eigenvalue weighted by Crippen LogP contribution is 2.17. The molecule has 2 aromatic carbocycles. The number of ether oxygens (including phenoxy) is 2. The lowest BCUT2D eigenvalue weighted by molar-refractivity contribution is 0.251. The van der Waals surface area contributed by atoms with Gasteiger partial charge in [0.25, 0.3) is 0 Å². The fourth-order valence-electron chi connectivity index (χ4n) is 1.88. The Morgan fingerprint density at radius 2 is 1.96 bits per heavy atom.